The number of carbonyl (C=O) groups is 2. The molecule has 0 heterocycles. The van der Waals surface area contributed by atoms with Crippen molar-refractivity contribution in [3.05, 3.63) is 23.8 Å². The number of benzene rings is 1. The quantitative estimate of drug-likeness (QED) is 0.618. The number of amides is 1. The zero-order valence-electron chi connectivity index (χ0n) is 10.3. The lowest BCUT2D eigenvalue weighted by Crippen LogP contribution is -2.32. The van der Waals surface area contributed by atoms with Gasteiger partial charge in [0.2, 0.25) is 0 Å². The zero-order chi connectivity index (χ0) is 13.5. The van der Waals surface area contributed by atoms with Crippen molar-refractivity contribution < 1.29 is 24.2 Å². The highest BCUT2D eigenvalue weighted by molar-refractivity contribution is 5.76. The Kier molecular flexibility index (Phi) is 4.98. The summed E-state index contributed by atoms with van der Waals surface area (Å²) < 4.78 is 10.4. The minimum absolute atomic E-state index is 0.0946. The van der Waals surface area contributed by atoms with E-state index >= 15 is 0 Å². The van der Waals surface area contributed by atoms with Gasteiger partial charge >= 0.3 is 6.09 Å². The number of carboxylic acid groups (broad SMARTS) is 1. The Morgan fingerprint density at radius 3 is 2.67 bits per heavy atom. The molecule has 1 rings (SSSR count). The predicted molar refractivity (Wildman–Crippen MR) is 64.3 cm³/mol. The normalized spacial score (nSPS) is 9.67. The minimum Gasteiger partial charge on any atom is -0.493 e. The van der Waals surface area contributed by atoms with E-state index in [0.717, 1.165) is 4.90 Å². The maximum absolute atomic E-state index is 10.8. The van der Waals surface area contributed by atoms with Crippen LogP contribution in [-0.2, 0) is 0 Å². The predicted octanol–water partition coefficient (Wildman–Crippen LogP) is 1.84. The largest absolute Gasteiger partial charge is 0.493 e. The molecule has 0 aliphatic carbocycles. The molecule has 18 heavy (non-hydrogen) atoms. The third-order valence-corrected chi connectivity index (χ3v) is 2.35. The maximum Gasteiger partial charge on any atom is 0.409 e. The monoisotopic (exact) mass is 253 g/mol. The molecule has 0 aliphatic rings. The first-order chi connectivity index (χ1) is 8.62. The summed E-state index contributed by atoms with van der Waals surface area (Å²) in [5.41, 5.74) is 0.463. The van der Waals surface area contributed by atoms with E-state index in [-0.39, 0.29) is 6.73 Å². The molecule has 1 amide bonds. The van der Waals surface area contributed by atoms with Crippen molar-refractivity contribution in [2.24, 2.45) is 0 Å². The first-order valence-corrected chi connectivity index (χ1v) is 5.36. The van der Waals surface area contributed by atoms with Crippen LogP contribution in [0.25, 0.3) is 0 Å². The summed E-state index contributed by atoms with van der Waals surface area (Å²) in [5, 5.41) is 8.83. The molecule has 0 saturated heterocycles. The molecule has 0 spiro atoms. The van der Waals surface area contributed by atoms with Crippen molar-refractivity contribution in [2.45, 2.75) is 6.92 Å². The van der Waals surface area contributed by atoms with E-state index in [1.807, 2.05) is 0 Å². The topological polar surface area (TPSA) is 76.1 Å². The van der Waals surface area contributed by atoms with Crippen LogP contribution in [0.2, 0.25) is 0 Å². The molecular formula is C12H15NO5. The van der Waals surface area contributed by atoms with Crippen molar-refractivity contribution in [1.29, 1.82) is 0 Å². The van der Waals surface area contributed by atoms with Crippen LogP contribution in [-0.4, -0.2) is 42.8 Å². The van der Waals surface area contributed by atoms with Gasteiger partial charge < -0.3 is 14.6 Å². The van der Waals surface area contributed by atoms with Gasteiger partial charge in [-0.2, -0.15) is 0 Å². The zero-order valence-corrected chi connectivity index (χ0v) is 10.3. The molecule has 0 unspecified atom stereocenters. The average molecular weight is 253 g/mol. The number of rotatable bonds is 6. The van der Waals surface area contributed by atoms with Gasteiger partial charge in [-0.05, 0) is 25.1 Å². The molecule has 1 aromatic rings. The average Bonchev–Trinajstić information content (AvgIpc) is 2.39. The van der Waals surface area contributed by atoms with Crippen LogP contribution in [0.4, 0.5) is 4.79 Å². The molecular weight excluding hydrogens is 238 g/mol. The molecule has 0 fully saturated rings. The Morgan fingerprint density at radius 2 is 2.17 bits per heavy atom. The number of carbonyl (C=O) groups excluding carboxylic acids is 1. The molecule has 0 radical (unpaired) electrons. The standard InChI is InChI=1S/C12H15NO5/c1-3-13(12(15)16)8-18-10-5-4-9(7-14)6-11(10)17-2/h4-7H,3,8H2,1-2H3,(H,15,16). The minimum atomic E-state index is -1.05. The van der Waals surface area contributed by atoms with Gasteiger partial charge in [0.1, 0.15) is 6.29 Å². The van der Waals surface area contributed by atoms with Gasteiger partial charge in [-0.15, -0.1) is 0 Å². The molecule has 0 bridgehead atoms. The molecule has 0 saturated carbocycles. The van der Waals surface area contributed by atoms with Gasteiger partial charge in [0.05, 0.1) is 7.11 Å². The van der Waals surface area contributed by atoms with E-state index in [9.17, 15) is 9.59 Å². The SMILES string of the molecule is CCN(COc1ccc(C=O)cc1OC)C(=O)O. The van der Waals surface area contributed by atoms with Gasteiger partial charge in [-0.3, -0.25) is 9.69 Å². The van der Waals surface area contributed by atoms with Crippen molar-refractivity contribution in [1.82, 2.24) is 4.90 Å². The van der Waals surface area contributed by atoms with Crippen LogP contribution in [0.15, 0.2) is 18.2 Å². The van der Waals surface area contributed by atoms with E-state index in [4.69, 9.17) is 14.6 Å². The molecule has 0 atom stereocenters. The van der Waals surface area contributed by atoms with Crippen LogP contribution in [0.1, 0.15) is 17.3 Å². The van der Waals surface area contributed by atoms with E-state index in [2.05, 4.69) is 0 Å². The van der Waals surface area contributed by atoms with Crippen molar-refractivity contribution in [3.63, 3.8) is 0 Å². The Hall–Kier alpha value is -2.24. The number of aldehydes is 1. The second-order valence-electron chi connectivity index (χ2n) is 3.44. The molecule has 1 N–H and O–H groups in total. The number of hydrogen-bond acceptors (Lipinski definition) is 4. The highest BCUT2D eigenvalue weighted by Gasteiger charge is 2.11. The van der Waals surface area contributed by atoms with Crippen molar-refractivity contribution in [2.75, 3.05) is 20.4 Å². The van der Waals surface area contributed by atoms with Gasteiger partial charge in [0.15, 0.2) is 18.2 Å². The summed E-state index contributed by atoms with van der Waals surface area (Å²) in [5.74, 6) is 0.781. The highest BCUT2D eigenvalue weighted by atomic mass is 16.5. The summed E-state index contributed by atoms with van der Waals surface area (Å²) >= 11 is 0. The summed E-state index contributed by atoms with van der Waals surface area (Å²) in [7, 11) is 1.45. The second-order valence-corrected chi connectivity index (χ2v) is 3.44. The van der Waals surface area contributed by atoms with Crippen LogP contribution in [0, 0.1) is 0 Å². The maximum atomic E-state index is 10.8. The molecule has 6 heteroatoms. The number of ether oxygens (including phenoxy) is 2. The van der Waals surface area contributed by atoms with Crippen LogP contribution in [0.5, 0.6) is 11.5 Å². The van der Waals surface area contributed by atoms with Gasteiger partial charge in [0.25, 0.3) is 0 Å². The second kappa shape index (κ2) is 6.48. The van der Waals surface area contributed by atoms with E-state index < -0.39 is 6.09 Å². The lowest BCUT2D eigenvalue weighted by Gasteiger charge is -2.18. The Bertz CT molecular complexity index is 432. The molecule has 0 aliphatic heterocycles. The fourth-order valence-corrected chi connectivity index (χ4v) is 1.31. The molecule has 6 nitrogen and oxygen atoms in total. The summed E-state index contributed by atoms with van der Waals surface area (Å²) in [4.78, 5) is 22.5. The highest BCUT2D eigenvalue weighted by Crippen LogP contribution is 2.27. The fourth-order valence-electron chi connectivity index (χ4n) is 1.31. The van der Waals surface area contributed by atoms with E-state index in [1.54, 1.807) is 19.1 Å². The Balaban J connectivity index is 2.78. The molecule has 1 aromatic carbocycles. The molecule has 98 valence electrons. The first kappa shape index (κ1) is 13.8. The lowest BCUT2D eigenvalue weighted by molar-refractivity contribution is 0.101. The Labute approximate surface area is 105 Å². The van der Waals surface area contributed by atoms with Gasteiger partial charge in [-0.25, -0.2) is 4.79 Å². The van der Waals surface area contributed by atoms with Crippen LogP contribution in [0.3, 0.4) is 0 Å². The number of methoxy groups -OCH3 is 1. The van der Waals surface area contributed by atoms with E-state index in [0.29, 0.717) is 29.9 Å². The molecule has 0 aromatic heterocycles. The van der Waals surface area contributed by atoms with Gasteiger partial charge in [-0.1, -0.05) is 0 Å². The summed E-state index contributed by atoms with van der Waals surface area (Å²) in [6.07, 6.45) is -0.358. The van der Waals surface area contributed by atoms with Crippen molar-refractivity contribution >= 4 is 12.4 Å². The fraction of sp³-hybridized carbons (Fsp3) is 0.333. The summed E-state index contributed by atoms with van der Waals surface area (Å²) in [6, 6.07) is 4.67. The van der Waals surface area contributed by atoms with E-state index in [1.165, 1.54) is 13.2 Å². The van der Waals surface area contributed by atoms with Crippen LogP contribution < -0.4 is 9.47 Å². The lowest BCUT2D eigenvalue weighted by atomic mass is 10.2. The number of hydrogen-bond donors (Lipinski definition) is 1. The Morgan fingerprint density at radius 1 is 1.44 bits per heavy atom. The third kappa shape index (κ3) is 3.38. The van der Waals surface area contributed by atoms with Gasteiger partial charge in [0, 0.05) is 12.1 Å². The number of nitrogens with zero attached hydrogens (tertiary/aromatic N) is 1. The van der Waals surface area contributed by atoms with Crippen molar-refractivity contribution in [3.8, 4) is 11.5 Å². The third-order valence-electron chi connectivity index (χ3n) is 2.35. The smallest absolute Gasteiger partial charge is 0.409 e. The summed E-state index contributed by atoms with van der Waals surface area (Å²) in [6.45, 7) is 1.94. The first-order valence-electron chi connectivity index (χ1n) is 5.36. The van der Waals surface area contributed by atoms with Crippen LogP contribution >= 0.6 is 0 Å².